The van der Waals surface area contributed by atoms with Crippen LogP contribution in [0.2, 0.25) is 0 Å². The Bertz CT molecular complexity index is 1570. The normalized spacial score (nSPS) is 13.1. The van der Waals surface area contributed by atoms with Crippen molar-refractivity contribution in [3.05, 3.63) is 77.9 Å². The molecule has 11 nitrogen and oxygen atoms in total. The number of hydrogen-bond donors (Lipinski definition) is 2. The zero-order valence-corrected chi connectivity index (χ0v) is 21.2. The zero-order chi connectivity index (χ0) is 26.8. The third-order valence-electron chi connectivity index (χ3n) is 5.62. The van der Waals surface area contributed by atoms with E-state index in [1.165, 1.54) is 47.8 Å². The number of rotatable bonds is 8. The first-order valence-electron chi connectivity index (χ1n) is 10.9. The number of amides is 1. The van der Waals surface area contributed by atoms with E-state index >= 15 is 0 Å². The van der Waals surface area contributed by atoms with Crippen LogP contribution in [-0.2, 0) is 36.0 Å². The molecule has 1 aliphatic rings. The van der Waals surface area contributed by atoms with E-state index in [1.54, 1.807) is 12.1 Å². The summed E-state index contributed by atoms with van der Waals surface area (Å²) in [7, 11) is -6.55. The number of esters is 1. The lowest BCUT2D eigenvalue weighted by Crippen LogP contribution is -2.29. The van der Waals surface area contributed by atoms with Crippen molar-refractivity contribution in [2.24, 2.45) is 5.14 Å². The summed E-state index contributed by atoms with van der Waals surface area (Å²) in [5, 5.41) is 7.49. The molecule has 3 aromatic rings. The number of anilines is 2. The van der Waals surface area contributed by atoms with Crippen LogP contribution < -0.4 is 19.5 Å². The number of fused-ring (bicyclic) bond motifs is 1. The molecule has 13 heteroatoms. The third kappa shape index (κ3) is 5.58. The van der Waals surface area contributed by atoms with Crippen molar-refractivity contribution in [3.8, 4) is 5.75 Å². The van der Waals surface area contributed by atoms with Crippen LogP contribution in [0.15, 0.2) is 76.5 Å². The second kappa shape index (κ2) is 10.2. The number of para-hydroxylation sites is 1. The van der Waals surface area contributed by atoms with E-state index in [2.05, 4.69) is 5.32 Å². The summed E-state index contributed by atoms with van der Waals surface area (Å²) >= 11 is 0. The standard InChI is InChI=1S/C24H23N3O8S2/c1-34-22-11-10-19(37(32,33)27-13-12-16-4-2-3-5-21(16)27)14-20(22)24(29)35-15-23(28)26-17-6-8-18(9-7-17)36(25,30)31/h2-11,14H,12-13,15H2,1H3,(H,26,28)(H2,25,30,31). The van der Waals surface area contributed by atoms with Gasteiger partial charge >= 0.3 is 5.97 Å². The van der Waals surface area contributed by atoms with Gasteiger partial charge in [-0.15, -0.1) is 0 Å². The van der Waals surface area contributed by atoms with Crippen LogP contribution in [0.25, 0.3) is 0 Å². The average molecular weight is 546 g/mol. The van der Waals surface area contributed by atoms with Crippen LogP contribution in [0.4, 0.5) is 11.4 Å². The smallest absolute Gasteiger partial charge is 0.342 e. The van der Waals surface area contributed by atoms with E-state index in [0.717, 1.165) is 11.6 Å². The van der Waals surface area contributed by atoms with Crippen LogP contribution >= 0.6 is 0 Å². The Morgan fingerprint density at radius 2 is 1.65 bits per heavy atom. The fourth-order valence-electron chi connectivity index (χ4n) is 3.83. The number of ether oxygens (including phenoxy) is 2. The summed E-state index contributed by atoms with van der Waals surface area (Å²) in [6.07, 6.45) is 0.570. The van der Waals surface area contributed by atoms with Gasteiger partial charge in [0, 0.05) is 12.2 Å². The van der Waals surface area contributed by atoms with Crippen LogP contribution in [0.5, 0.6) is 5.75 Å². The molecular formula is C24H23N3O8S2. The summed E-state index contributed by atoms with van der Waals surface area (Å²) in [6, 6.07) is 16.1. The lowest BCUT2D eigenvalue weighted by Gasteiger charge is -2.20. The van der Waals surface area contributed by atoms with Crippen molar-refractivity contribution in [1.82, 2.24) is 0 Å². The molecule has 0 spiro atoms. The molecule has 1 amide bonds. The summed E-state index contributed by atoms with van der Waals surface area (Å²) < 4.78 is 60.9. The highest BCUT2D eigenvalue weighted by Gasteiger charge is 2.32. The molecule has 1 heterocycles. The monoisotopic (exact) mass is 545 g/mol. The molecule has 0 aliphatic carbocycles. The van der Waals surface area contributed by atoms with E-state index in [1.807, 2.05) is 12.1 Å². The molecule has 0 bridgehead atoms. The number of carbonyl (C=O) groups excluding carboxylic acids is 2. The van der Waals surface area contributed by atoms with Crippen molar-refractivity contribution in [2.45, 2.75) is 16.2 Å². The molecular weight excluding hydrogens is 522 g/mol. The highest BCUT2D eigenvalue weighted by atomic mass is 32.2. The Kier molecular flexibility index (Phi) is 7.21. The van der Waals surface area contributed by atoms with Crippen molar-refractivity contribution in [1.29, 1.82) is 0 Å². The summed E-state index contributed by atoms with van der Waals surface area (Å²) in [5.74, 6) is -1.59. The van der Waals surface area contributed by atoms with Crippen LogP contribution in [0.3, 0.4) is 0 Å². The van der Waals surface area contributed by atoms with Gasteiger partial charge in [0.1, 0.15) is 11.3 Å². The van der Waals surface area contributed by atoms with Gasteiger partial charge in [-0.1, -0.05) is 18.2 Å². The summed E-state index contributed by atoms with van der Waals surface area (Å²) in [4.78, 5) is 24.7. The van der Waals surface area contributed by atoms with Gasteiger partial charge in [-0.25, -0.2) is 26.8 Å². The fourth-order valence-corrected chi connectivity index (χ4v) is 5.87. The van der Waals surface area contributed by atoms with Crippen molar-refractivity contribution < 1.29 is 35.9 Å². The van der Waals surface area contributed by atoms with E-state index in [0.29, 0.717) is 12.1 Å². The molecule has 0 fully saturated rings. The quantitative estimate of drug-likeness (QED) is 0.406. The minimum atomic E-state index is -3.98. The minimum Gasteiger partial charge on any atom is -0.496 e. The van der Waals surface area contributed by atoms with E-state index in [9.17, 15) is 26.4 Å². The van der Waals surface area contributed by atoms with Crippen molar-refractivity contribution >= 4 is 43.3 Å². The molecule has 0 saturated heterocycles. The molecule has 3 aromatic carbocycles. The highest BCUT2D eigenvalue weighted by molar-refractivity contribution is 7.92. The topological polar surface area (TPSA) is 162 Å². The Morgan fingerprint density at radius 1 is 0.973 bits per heavy atom. The number of benzene rings is 3. The maximum Gasteiger partial charge on any atom is 0.342 e. The van der Waals surface area contributed by atoms with E-state index < -0.39 is 38.5 Å². The van der Waals surface area contributed by atoms with E-state index in [-0.39, 0.29) is 33.3 Å². The first-order valence-corrected chi connectivity index (χ1v) is 13.9. The number of carbonyl (C=O) groups is 2. The van der Waals surface area contributed by atoms with Gasteiger partial charge in [0.05, 0.1) is 22.6 Å². The van der Waals surface area contributed by atoms with Gasteiger partial charge < -0.3 is 14.8 Å². The largest absolute Gasteiger partial charge is 0.496 e. The molecule has 0 unspecified atom stereocenters. The van der Waals surface area contributed by atoms with Gasteiger partial charge in [0.25, 0.3) is 15.9 Å². The van der Waals surface area contributed by atoms with Gasteiger partial charge in [-0.2, -0.15) is 0 Å². The summed E-state index contributed by atoms with van der Waals surface area (Å²) in [6.45, 7) is -0.415. The molecule has 4 rings (SSSR count). The third-order valence-corrected chi connectivity index (χ3v) is 8.36. The average Bonchev–Trinajstić information content (AvgIpc) is 3.32. The van der Waals surface area contributed by atoms with Crippen LogP contribution in [0, 0.1) is 0 Å². The fraction of sp³-hybridized carbons (Fsp3) is 0.167. The molecule has 0 aromatic heterocycles. The van der Waals surface area contributed by atoms with Gasteiger partial charge in [-0.3, -0.25) is 9.10 Å². The molecule has 3 N–H and O–H groups in total. The number of hydrogen-bond acceptors (Lipinski definition) is 8. The number of nitrogens with two attached hydrogens (primary N) is 1. The minimum absolute atomic E-state index is 0.0739. The number of primary sulfonamides is 1. The van der Waals surface area contributed by atoms with Crippen molar-refractivity contribution in [2.75, 3.05) is 29.9 Å². The number of methoxy groups -OCH3 is 1. The lowest BCUT2D eigenvalue weighted by atomic mass is 10.2. The van der Waals surface area contributed by atoms with Gasteiger partial charge in [0.15, 0.2) is 6.61 Å². The Balaban J connectivity index is 1.48. The molecule has 37 heavy (non-hydrogen) atoms. The van der Waals surface area contributed by atoms with Crippen LogP contribution in [-0.4, -0.2) is 49.0 Å². The van der Waals surface area contributed by atoms with E-state index in [4.69, 9.17) is 14.6 Å². The Hall–Kier alpha value is -3.94. The zero-order valence-electron chi connectivity index (χ0n) is 19.6. The predicted octanol–water partition coefficient (Wildman–Crippen LogP) is 1.89. The van der Waals surface area contributed by atoms with Gasteiger partial charge in [0.2, 0.25) is 10.0 Å². The Morgan fingerprint density at radius 3 is 2.32 bits per heavy atom. The maximum atomic E-state index is 13.4. The highest BCUT2D eigenvalue weighted by Crippen LogP contribution is 2.34. The Labute approximate surface area is 213 Å². The number of nitrogens with zero attached hydrogens (tertiary/aromatic N) is 1. The first-order chi connectivity index (χ1) is 17.5. The number of sulfonamides is 2. The second-order valence-electron chi connectivity index (χ2n) is 8.01. The summed E-state index contributed by atoms with van der Waals surface area (Å²) in [5.41, 5.74) is 1.58. The molecule has 0 atom stereocenters. The maximum absolute atomic E-state index is 13.4. The lowest BCUT2D eigenvalue weighted by molar-refractivity contribution is -0.119. The van der Waals surface area contributed by atoms with Crippen molar-refractivity contribution in [3.63, 3.8) is 0 Å². The molecule has 1 aliphatic heterocycles. The van der Waals surface area contributed by atoms with Gasteiger partial charge in [-0.05, 0) is 60.5 Å². The SMILES string of the molecule is COc1ccc(S(=O)(=O)N2CCc3ccccc32)cc1C(=O)OCC(=O)Nc1ccc(S(N)(=O)=O)cc1. The number of nitrogens with one attached hydrogen (secondary N) is 1. The molecule has 0 saturated carbocycles. The van der Waals surface area contributed by atoms with Crippen LogP contribution in [0.1, 0.15) is 15.9 Å². The first kappa shape index (κ1) is 26.1. The second-order valence-corrected chi connectivity index (χ2v) is 11.4. The molecule has 194 valence electrons. The predicted molar refractivity (Wildman–Crippen MR) is 134 cm³/mol. The molecule has 0 radical (unpaired) electrons.